The Balaban J connectivity index is 2.14. The molecule has 1 aliphatic carbocycles. The fourth-order valence-electron chi connectivity index (χ4n) is 1.84. The predicted octanol–water partition coefficient (Wildman–Crippen LogP) is 2.68. The highest BCUT2D eigenvalue weighted by molar-refractivity contribution is 5.50. The summed E-state index contributed by atoms with van der Waals surface area (Å²) in [6.45, 7) is 0.328. The van der Waals surface area contributed by atoms with Gasteiger partial charge in [0.25, 0.3) is 0 Å². The quantitative estimate of drug-likeness (QED) is 0.581. The van der Waals surface area contributed by atoms with Crippen LogP contribution in [0.3, 0.4) is 0 Å². The Morgan fingerprint density at radius 2 is 2.26 bits per heavy atom. The van der Waals surface area contributed by atoms with Crippen LogP contribution >= 0.6 is 0 Å². The standard InChI is InChI=1S/C13H14N2O4/c1-18-10-2-3-11(15(16)17)12(8-10)19-9-13(4-5-13)6-7-14/h2-3,8H,4-6,9H2,1H3. The molecule has 6 heteroatoms. The van der Waals surface area contributed by atoms with Gasteiger partial charge in [-0.1, -0.05) is 0 Å². The summed E-state index contributed by atoms with van der Waals surface area (Å²) >= 11 is 0. The lowest BCUT2D eigenvalue weighted by Crippen LogP contribution is -2.13. The van der Waals surface area contributed by atoms with Gasteiger partial charge in [-0.2, -0.15) is 5.26 Å². The van der Waals surface area contributed by atoms with Gasteiger partial charge in [0.15, 0.2) is 0 Å². The Bertz CT molecular complexity index is 532. The summed E-state index contributed by atoms with van der Waals surface area (Å²) in [6, 6.07) is 6.51. The van der Waals surface area contributed by atoms with Gasteiger partial charge in [-0.15, -0.1) is 0 Å². The van der Waals surface area contributed by atoms with E-state index in [0.717, 1.165) is 12.8 Å². The Morgan fingerprint density at radius 1 is 1.53 bits per heavy atom. The number of rotatable bonds is 6. The molecule has 0 saturated heterocycles. The summed E-state index contributed by atoms with van der Waals surface area (Å²) < 4.78 is 10.6. The van der Waals surface area contributed by atoms with E-state index in [0.29, 0.717) is 18.8 Å². The van der Waals surface area contributed by atoms with Crippen molar-refractivity contribution in [1.82, 2.24) is 0 Å². The first-order chi connectivity index (χ1) is 9.10. The number of hydrogen-bond donors (Lipinski definition) is 0. The Morgan fingerprint density at radius 3 is 2.79 bits per heavy atom. The monoisotopic (exact) mass is 262 g/mol. The van der Waals surface area contributed by atoms with Gasteiger partial charge in [-0.05, 0) is 18.9 Å². The SMILES string of the molecule is COc1ccc([N+](=O)[O-])c(OCC2(CC#N)CC2)c1. The molecule has 1 aromatic carbocycles. The smallest absolute Gasteiger partial charge is 0.311 e. The zero-order chi connectivity index (χ0) is 13.9. The number of nitro benzene ring substituents is 1. The van der Waals surface area contributed by atoms with Crippen LogP contribution < -0.4 is 9.47 Å². The maximum Gasteiger partial charge on any atom is 0.311 e. The first-order valence-corrected chi connectivity index (χ1v) is 5.92. The van der Waals surface area contributed by atoms with Crippen LogP contribution in [0.2, 0.25) is 0 Å². The molecule has 0 bridgehead atoms. The Kier molecular flexibility index (Phi) is 3.56. The molecule has 1 fully saturated rings. The summed E-state index contributed by atoms with van der Waals surface area (Å²) in [5, 5.41) is 19.6. The molecule has 0 spiro atoms. The van der Waals surface area contributed by atoms with E-state index in [9.17, 15) is 10.1 Å². The third-order valence-corrected chi connectivity index (χ3v) is 3.31. The molecule has 19 heavy (non-hydrogen) atoms. The maximum atomic E-state index is 10.9. The zero-order valence-electron chi connectivity index (χ0n) is 10.6. The van der Waals surface area contributed by atoms with Gasteiger partial charge >= 0.3 is 5.69 Å². The number of hydrogen-bond acceptors (Lipinski definition) is 5. The van der Waals surface area contributed by atoms with E-state index in [1.165, 1.54) is 25.3 Å². The lowest BCUT2D eigenvalue weighted by atomic mass is 10.1. The number of nitro groups is 1. The van der Waals surface area contributed by atoms with Gasteiger partial charge in [0.05, 0.1) is 24.7 Å². The second-order valence-corrected chi connectivity index (χ2v) is 4.71. The number of nitrogens with zero attached hydrogens (tertiary/aromatic N) is 2. The van der Waals surface area contributed by atoms with Crippen molar-refractivity contribution in [3.63, 3.8) is 0 Å². The largest absolute Gasteiger partial charge is 0.497 e. The van der Waals surface area contributed by atoms with E-state index in [-0.39, 0.29) is 16.9 Å². The molecule has 100 valence electrons. The molecule has 2 rings (SSSR count). The Hall–Kier alpha value is -2.29. The van der Waals surface area contributed by atoms with Crippen LogP contribution in [0, 0.1) is 26.9 Å². The summed E-state index contributed by atoms with van der Waals surface area (Å²) in [5.74, 6) is 0.694. The lowest BCUT2D eigenvalue weighted by molar-refractivity contribution is -0.385. The molecule has 0 radical (unpaired) electrons. The van der Waals surface area contributed by atoms with Crippen LogP contribution in [0.4, 0.5) is 5.69 Å². The number of benzene rings is 1. The molecule has 0 unspecified atom stereocenters. The van der Waals surface area contributed by atoms with Crippen molar-refractivity contribution in [2.75, 3.05) is 13.7 Å². The average Bonchev–Trinajstić information content (AvgIpc) is 3.16. The highest BCUT2D eigenvalue weighted by atomic mass is 16.6. The van der Waals surface area contributed by atoms with Crippen molar-refractivity contribution < 1.29 is 14.4 Å². The van der Waals surface area contributed by atoms with Crippen LogP contribution in [0.25, 0.3) is 0 Å². The molecule has 0 N–H and O–H groups in total. The Labute approximate surface area is 110 Å². The van der Waals surface area contributed by atoms with Crippen LogP contribution in [0.15, 0.2) is 18.2 Å². The average molecular weight is 262 g/mol. The minimum atomic E-state index is -0.487. The minimum Gasteiger partial charge on any atom is -0.497 e. The van der Waals surface area contributed by atoms with Crippen LogP contribution in [0.5, 0.6) is 11.5 Å². The molecule has 1 saturated carbocycles. The van der Waals surface area contributed by atoms with Crippen molar-refractivity contribution in [2.45, 2.75) is 19.3 Å². The first kappa shape index (κ1) is 13.1. The third-order valence-electron chi connectivity index (χ3n) is 3.31. The van der Waals surface area contributed by atoms with Crippen molar-refractivity contribution in [2.24, 2.45) is 5.41 Å². The molecular formula is C13H14N2O4. The predicted molar refractivity (Wildman–Crippen MR) is 67.0 cm³/mol. The van der Waals surface area contributed by atoms with Gasteiger partial charge in [0.2, 0.25) is 5.75 Å². The van der Waals surface area contributed by atoms with Gasteiger partial charge in [-0.3, -0.25) is 10.1 Å². The van der Waals surface area contributed by atoms with E-state index in [4.69, 9.17) is 14.7 Å². The zero-order valence-corrected chi connectivity index (χ0v) is 10.6. The highest BCUT2D eigenvalue weighted by Crippen LogP contribution is 2.49. The molecule has 0 aliphatic heterocycles. The second-order valence-electron chi connectivity index (χ2n) is 4.71. The summed E-state index contributed by atoms with van der Waals surface area (Å²) in [6.07, 6.45) is 2.28. The van der Waals surface area contributed by atoms with Crippen molar-refractivity contribution in [3.05, 3.63) is 28.3 Å². The normalized spacial score (nSPS) is 15.4. The summed E-state index contributed by atoms with van der Waals surface area (Å²) in [7, 11) is 1.49. The van der Waals surface area contributed by atoms with Gasteiger partial charge in [0, 0.05) is 24.0 Å². The van der Waals surface area contributed by atoms with Gasteiger partial charge in [0.1, 0.15) is 5.75 Å². The van der Waals surface area contributed by atoms with E-state index in [2.05, 4.69) is 6.07 Å². The minimum absolute atomic E-state index is 0.0893. The molecule has 1 aromatic rings. The molecule has 1 aliphatic rings. The number of ether oxygens (including phenoxy) is 2. The van der Waals surface area contributed by atoms with E-state index < -0.39 is 4.92 Å². The molecule has 0 heterocycles. The molecule has 0 atom stereocenters. The summed E-state index contributed by atoms with van der Waals surface area (Å²) in [5.41, 5.74) is -0.209. The lowest BCUT2D eigenvalue weighted by Gasteiger charge is -2.13. The molecular weight excluding hydrogens is 248 g/mol. The van der Waals surface area contributed by atoms with E-state index in [1.807, 2.05) is 0 Å². The van der Waals surface area contributed by atoms with Crippen LogP contribution in [-0.4, -0.2) is 18.6 Å². The summed E-state index contributed by atoms with van der Waals surface area (Å²) in [4.78, 5) is 10.4. The molecule has 0 aromatic heterocycles. The highest BCUT2D eigenvalue weighted by Gasteiger charge is 2.43. The number of methoxy groups -OCH3 is 1. The van der Waals surface area contributed by atoms with Crippen molar-refractivity contribution >= 4 is 5.69 Å². The van der Waals surface area contributed by atoms with Gasteiger partial charge < -0.3 is 9.47 Å². The number of nitriles is 1. The van der Waals surface area contributed by atoms with Gasteiger partial charge in [-0.25, -0.2) is 0 Å². The van der Waals surface area contributed by atoms with Crippen molar-refractivity contribution in [3.8, 4) is 17.6 Å². The maximum absolute atomic E-state index is 10.9. The molecule has 0 amide bonds. The van der Waals surface area contributed by atoms with Crippen LogP contribution in [-0.2, 0) is 0 Å². The fraction of sp³-hybridized carbons (Fsp3) is 0.462. The second kappa shape index (κ2) is 5.14. The molecule has 6 nitrogen and oxygen atoms in total. The van der Waals surface area contributed by atoms with E-state index >= 15 is 0 Å². The van der Waals surface area contributed by atoms with Crippen molar-refractivity contribution in [1.29, 1.82) is 5.26 Å². The third kappa shape index (κ3) is 2.94. The van der Waals surface area contributed by atoms with E-state index in [1.54, 1.807) is 0 Å². The first-order valence-electron chi connectivity index (χ1n) is 5.92. The topological polar surface area (TPSA) is 85.4 Å². The van der Waals surface area contributed by atoms with Crippen LogP contribution in [0.1, 0.15) is 19.3 Å². The fourth-order valence-corrected chi connectivity index (χ4v) is 1.84.